The van der Waals surface area contributed by atoms with Crippen molar-refractivity contribution in [3.8, 4) is 11.3 Å². The van der Waals surface area contributed by atoms with Crippen LogP contribution >= 0.6 is 0 Å². The minimum Gasteiger partial charge on any atom is -0.460 e. The van der Waals surface area contributed by atoms with Crippen molar-refractivity contribution in [2.45, 2.75) is 26.4 Å². The minimum absolute atomic E-state index is 0.215. The van der Waals surface area contributed by atoms with E-state index in [-0.39, 0.29) is 6.04 Å². The van der Waals surface area contributed by atoms with E-state index in [9.17, 15) is 4.79 Å². The lowest BCUT2D eigenvalue weighted by atomic mass is 10.1. The number of primary amides is 1. The predicted molar refractivity (Wildman–Crippen MR) is 99.1 cm³/mol. The molecule has 3 rings (SSSR count). The summed E-state index contributed by atoms with van der Waals surface area (Å²) in [4.78, 5) is 11.6. The second-order valence-corrected chi connectivity index (χ2v) is 6.19. The highest BCUT2D eigenvalue weighted by atomic mass is 16.3. The van der Waals surface area contributed by atoms with Crippen LogP contribution in [0, 0.1) is 6.92 Å². The number of aryl methyl sites for hydroxylation is 1. The normalized spacial score (nSPS) is 12.1. The maximum atomic E-state index is 11.6. The maximum absolute atomic E-state index is 11.6. The molecule has 2 aromatic carbocycles. The molecule has 0 aliphatic rings. The fourth-order valence-corrected chi connectivity index (χ4v) is 2.76. The van der Waals surface area contributed by atoms with Crippen LogP contribution in [0.5, 0.6) is 0 Å². The summed E-state index contributed by atoms with van der Waals surface area (Å²) in [6, 6.07) is 19.7. The number of carbonyl (C=O) groups excluding carboxylic acids is 1. The Labute approximate surface area is 147 Å². The molecule has 0 radical (unpaired) electrons. The van der Waals surface area contributed by atoms with Crippen molar-refractivity contribution in [1.29, 1.82) is 0 Å². The Morgan fingerprint density at radius 3 is 2.52 bits per heavy atom. The molecular formula is C21H22N2O2. The SMILES string of the molecule is Cc1ccc([C@@H](C)NCc2ccc(-c3ccccc3C(N)=O)o2)cc1. The van der Waals surface area contributed by atoms with Gasteiger partial charge in [-0.25, -0.2) is 0 Å². The number of benzene rings is 2. The topological polar surface area (TPSA) is 68.3 Å². The molecule has 0 aliphatic heterocycles. The zero-order valence-electron chi connectivity index (χ0n) is 14.5. The number of nitrogens with one attached hydrogen (secondary N) is 1. The third-order valence-corrected chi connectivity index (χ3v) is 4.28. The van der Waals surface area contributed by atoms with E-state index in [2.05, 4.69) is 43.4 Å². The molecule has 4 heteroatoms. The average Bonchev–Trinajstić information content (AvgIpc) is 3.09. The lowest BCUT2D eigenvalue weighted by Gasteiger charge is -2.13. The van der Waals surface area contributed by atoms with E-state index in [1.807, 2.05) is 24.3 Å². The number of hydrogen-bond donors (Lipinski definition) is 2. The van der Waals surface area contributed by atoms with Crippen LogP contribution in [0.1, 0.15) is 40.2 Å². The summed E-state index contributed by atoms with van der Waals surface area (Å²) in [6.07, 6.45) is 0. The summed E-state index contributed by atoms with van der Waals surface area (Å²) in [5, 5.41) is 3.45. The highest BCUT2D eigenvalue weighted by molar-refractivity contribution is 5.99. The number of furan rings is 1. The van der Waals surface area contributed by atoms with Crippen LogP contribution in [0.15, 0.2) is 65.1 Å². The molecule has 128 valence electrons. The number of carbonyl (C=O) groups is 1. The first kappa shape index (κ1) is 17.0. The highest BCUT2D eigenvalue weighted by Gasteiger charge is 2.13. The molecule has 0 saturated heterocycles. The molecule has 1 atom stereocenters. The summed E-state index contributed by atoms with van der Waals surface area (Å²) in [5.74, 6) is 1.00. The summed E-state index contributed by atoms with van der Waals surface area (Å²) < 4.78 is 5.90. The van der Waals surface area contributed by atoms with E-state index >= 15 is 0 Å². The molecule has 1 amide bonds. The summed E-state index contributed by atoms with van der Waals surface area (Å²) in [6.45, 7) is 4.81. The van der Waals surface area contributed by atoms with E-state index in [0.29, 0.717) is 23.4 Å². The first-order chi connectivity index (χ1) is 12.0. The fourth-order valence-electron chi connectivity index (χ4n) is 2.76. The third-order valence-electron chi connectivity index (χ3n) is 4.28. The maximum Gasteiger partial charge on any atom is 0.249 e. The average molecular weight is 334 g/mol. The molecular weight excluding hydrogens is 312 g/mol. The van der Waals surface area contributed by atoms with Crippen molar-refractivity contribution in [2.24, 2.45) is 5.73 Å². The van der Waals surface area contributed by atoms with Gasteiger partial charge in [0.05, 0.1) is 12.1 Å². The molecule has 0 bridgehead atoms. The van der Waals surface area contributed by atoms with Crippen molar-refractivity contribution in [2.75, 3.05) is 0 Å². The highest BCUT2D eigenvalue weighted by Crippen LogP contribution is 2.26. The summed E-state index contributed by atoms with van der Waals surface area (Å²) >= 11 is 0. The first-order valence-electron chi connectivity index (χ1n) is 8.32. The molecule has 0 spiro atoms. The van der Waals surface area contributed by atoms with Crippen LogP contribution in [0.2, 0.25) is 0 Å². The summed E-state index contributed by atoms with van der Waals surface area (Å²) in [7, 11) is 0. The molecule has 3 N–H and O–H groups in total. The van der Waals surface area contributed by atoms with E-state index in [4.69, 9.17) is 10.2 Å². The lowest BCUT2D eigenvalue weighted by molar-refractivity contribution is 0.100. The quantitative estimate of drug-likeness (QED) is 0.710. The molecule has 0 unspecified atom stereocenters. The van der Waals surface area contributed by atoms with Gasteiger partial charge in [-0.05, 0) is 37.6 Å². The predicted octanol–water partition coefficient (Wildman–Crippen LogP) is 4.20. The van der Waals surface area contributed by atoms with Crippen LogP contribution in [0.3, 0.4) is 0 Å². The number of hydrogen-bond acceptors (Lipinski definition) is 3. The molecule has 1 aromatic heterocycles. The van der Waals surface area contributed by atoms with Gasteiger partial charge in [-0.1, -0.05) is 48.0 Å². The summed E-state index contributed by atoms with van der Waals surface area (Å²) in [5.41, 5.74) is 9.10. The lowest BCUT2D eigenvalue weighted by Crippen LogP contribution is -2.17. The monoisotopic (exact) mass is 334 g/mol. The van der Waals surface area contributed by atoms with Crippen molar-refractivity contribution < 1.29 is 9.21 Å². The molecule has 1 heterocycles. The van der Waals surface area contributed by atoms with Gasteiger partial charge in [0.1, 0.15) is 11.5 Å². The van der Waals surface area contributed by atoms with Crippen LogP contribution in [0.4, 0.5) is 0 Å². The van der Waals surface area contributed by atoms with Crippen LogP contribution < -0.4 is 11.1 Å². The largest absolute Gasteiger partial charge is 0.460 e. The molecule has 0 aliphatic carbocycles. The molecule has 25 heavy (non-hydrogen) atoms. The van der Waals surface area contributed by atoms with Crippen LogP contribution in [0.25, 0.3) is 11.3 Å². The van der Waals surface area contributed by atoms with Gasteiger partial charge in [0.2, 0.25) is 5.91 Å². The van der Waals surface area contributed by atoms with E-state index in [0.717, 1.165) is 5.76 Å². The van der Waals surface area contributed by atoms with Gasteiger partial charge in [0.25, 0.3) is 0 Å². The Kier molecular flexibility index (Phi) is 5.00. The van der Waals surface area contributed by atoms with Crippen LogP contribution in [-0.2, 0) is 6.54 Å². The van der Waals surface area contributed by atoms with Gasteiger partial charge in [-0.2, -0.15) is 0 Å². The Morgan fingerprint density at radius 2 is 1.80 bits per heavy atom. The Hall–Kier alpha value is -2.85. The second-order valence-electron chi connectivity index (χ2n) is 6.19. The Bertz CT molecular complexity index is 866. The third kappa shape index (κ3) is 3.98. The molecule has 3 aromatic rings. The van der Waals surface area contributed by atoms with Crippen molar-refractivity contribution in [3.05, 3.63) is 83.1 Å². The van der Waals surface area contributed by atoms with Crippen molar-refractivity contribution in [3.63, 3.8) is 0 Å². The van der Waals surface area contributed by atoms with Gasteiger partial charge < -0.3 is 15.5 Å². The smallest absolute Gasteiger partial charge is 0.249 e. The van der Waals surface area contributed by atoms with E-state index < -0.39 is 5.91 Å². The Morgan fingerprint density at radius 1 is 1.08 bits per heavy atom. The Balaban J connectivity index is 1.70. The number of nitrogens with two attached hydrogens (primary N) is 1. The van der Waals surface area contributed by atoms with Crippen molar-refractivity contribution in [1.82, 2.24) is 5.32 Å². The second kappa shape index (κ2) is 7.36. The van der Waals surface area contributed by atoms with Gasteiger partial charge in [-0.15, -0.1) is 0 Å². The number of rotatable bonds is 6. The van der Waals surface area contributed by atoms with Gasteiger partial charge in [-0.3, -0.25) is 4.79 Å². The van der Waals surface area contributed by atoms with E-state index in [1.165, 1.54) is 11.1 Å². The molecule has 0 saturated carbocycles. The molecule has 0 fully saturated rings. The number of amides is 1. The molecule has 4 nitrogen and oxygen atoms in total. The van der Waals surface area contributed by atoms with Gasteiger partial charge >= 0.3 is 0 Å². The minimum atomic E-state index is -0.459. The fraction of sp³-hybridized carbons (Fsp3) is 0.190. The van der Waals surface area contributed by atoms with E-state index in [1.54, 1.807) is 12.1 Å². The zero-order chi connectivity index (χ0) is 17.8. The van der Waals surface area contributed by atoms with Crippen molar-refractivity contribution >= 4 is 5.91 Å². The first-order valence-corrected chi connectivity index (χ1v) is 8.32. The zero-order valence-corrected chi connectivity index (χ0v) is 14.5. The van der Waals surface area contributed by atoms with Crippen LogP contribution in [-0.4, -0.2) is 5.91 Å². The van der Waals surface area contributed by atoms with Gasteiger partial charge in [0.15, 0.2) is 0 Å². The standard InChI is InChI=1S/C21H22N2O2/c1-14-7-9-16(10-8-14)15(2)23-13-17-11-12-20(25-17)18-5-3-4-6-19(18)21(22)24/h3-12,15,23H,13H2,1-2H3,(H2,22,24)/t15-/m1/s1. The van der Waals surface area contributed by atoms with Gasteiger partial charge in [0, 0.05) is 11.6 Å².